The van der Waals surface area contributed by atoms with Crippen LogP contribution in [0.2, 0.25) is 0 Å². The number of imide groups is 1. The van der Waals surface area contributed by atoms with Crippen LogP contribution >= 0.6 is 0 Å². The van der Waals surface area contributed by atoms with Crippen molar-refractivity contribution in [2.75, 3.05) is 13.1 Å². The summed E-state index contributed by atoms with van der Waals surface area (Å²) in [5.41, 5.74) is 5.94. The Hall–Kier alpha value is -1.83. The number of piperidine rings is 1. The maximum atomic E-state index is 12.0. The number of rotatable bonds is 3. The highest BCUT2D eigenvalue weighted by Gasteiger charge is 2.27. The largest absolute Gasteiger partial charge is 0.322 e. The van der Waals surface area contributed by atoms with E-state index in [1.54, 1.807) is 12.1 Å². The number of pyridine rings is 1. The van der Waals surface area contributed by atoms with E-state index in [1.165, 1.54) is 11.3 Å². The normalized spacial score (nSPS) is 19.6. The minimum atomic E-state index is -0.588. The molecule has 1 atom stereocenters. The van der Waals surface area contributed by atoms with Crippen LogP contribution in [-0.2, 0) is 4.79 Å². The SMILES string of the molecule is NCC(=O)NC(=O)c1ncccc1C1CCCCN1O. The lowest BCUT2D eigenvalue weighted by molar-refractivity contribution is -0.144. The van der Waals surface area contributed by atoms with E-state index >= 15 is 0 Å². The summed E-state index contributed by atoms with van der Waals surface area (Å²) in [6.07, 6.45) is 4.11. The molecule has 1 aromatic rings. The van der Waals surface area contributed by atoms with Gasteiger partial charge in [0.1, 0.15) is 5.69 Å². The van der Waals surface area contributed by atoms with Crippen LogP contribution in [0.1, 0.15) is 41.4 Å². The minimum Gasteiger partial charge on any atom is -0.322 e. The first kappa shape index (κ1) is 14.6. The van der Waals surface area contributed by atoms with Gasteiger partial charge in [-0.1, -0.05) is 12.5 Å². The van der Waals surface area contributed by atoms with Crippen molar-refractivity contribution in [3.05, 3.63) is 29.6 Å². The molecular formula is C13H18N4O3. The van der Waals surface area contributed by atoms with Crippen molar-refractivity contribution in [2.24, 2.45) is 5.73 Å². The molecule has 2 rings (SSSR count). The predicted molar refractivity (Wildman–Crippen MR) is 70.8 cm³/mol. The van der Waals surface area contributed by atoms with Crippen molar-refractivity contribution < 1.29 is 14.8 Å². The first-order chi connectivity index (χ1) is 9.63. The van der Waals surface area contributed by atoms with Gasteiger partial charge < -0.3 is 10.9 Å². The van der Waals surface area contributed by atoms with Gasteiger partial charge in [0.05, 0.1) is 12.6 Å². The summed E-state index contributed by atoms with van der Waals surface area (Å²) in [5.74, 6) is -1.15. The van der Waals surface area contributed by atoms with Gasteiger partial charge in [-0.25, -0.2) is 0 Å². The van der Waals surface area contributed by atoms with Gasteiger partial charge >= 0.3 is 0 Å². The number of nitrogens with zero attached hydrogens (tertiary/aromatic N) is 2. The number of aromatic nitrogens is 1. The van der Waals surface area contributed by atoms with Gasteiger partial charge in [0.15, 0.2) is 0 Å². The molecule has 0 aliphatic carbocycles. The van der Waals surface area contributed by atoms with Crippen LogP contribution in [-0.4, -0.2) is 40.2 Å². The van der Waals surface area contributed by atoms with Crippen LogP contribution in [0.4, 0.5) is 0 Å². The molecule has 20 heavy (non-hydrogen) atoms. The van der Waals surface area contributed by atoms with E-state index in [-0.39, 0.29) is 18.3 Å². The first-order valence-electron chi connectivity index (χ1n) is 6.58. The van der Waals surface area contributed by atoms with Gasteiger partial charge in [-0.2, -0.15) is 5.06 Å². The Morgan fingerprint density at radius 3 is 3.00 bits per heavy atom. The summed E-state index contributed by atoms with van der Waals surface area (Å²) in [6, 6.07) is 3.18. The van der Waals surface area contributed by atoms with Crippen LogP contribution in [0.15, 0.2) is 18.3 Å². The average molecular weight is 278 g/mol. The topological polar surface area (TPSA) is 109 Å². The molecule has 7 heteroatoms. The Labute approximate surface area is 116 Å². The molecule has 1 saturated heterocycles. The van der Waals surface area contributed by atoms with Gasteiger partial charge in [0, 0.05) is 18.3 Å². The highest BCUT2D eigenvalue weighted by atomic mass is 16.5. The zero-order chi connectivity index (χ0) is 14.5. The van der Waals surface area contributed by atoms with E-state index in [0.29, 0.717) is 12.1 Å². The summed E-state index contributed by atoms with van der Waals surface area (Å²) in [4.78, 5) is 27.3. The third kappa shape index (κ3) is 3.19. The quantitative estimate of drug-likeness (QED) is 0.729. The number of nitrogens with one attached hydrogen (secondary N) is 1. The number of carbonyl (C=O) groups is 2. The second-order valence-electron chi connectivity index (χ2n) is 4.70. The number of nitrogens with two attached hydrogens (primary N) is 1. The van der Waals surface area contributed by atoms with Crippen LogP contribution in [0.3, 0.4) is 0 Å². The van der Waals surface area contributed by atoms with E-state index < -0.39 is 11.8 Å². The molecule has 1 aromatic heterocycles. The van der Waals surface area contributed by atoms with E-state index in [1.807, 2.05) is 0 Å². The molecule has 7 nitrogen and oxygen atoms in total. The maximum absolute atomic E-state index is 12.0. The third-order valence-corrected chi connectivity index (χ3v) is 3.33. The summed E-state index contributed by atoms with van der Waals surface area (Å²) in [5, 5.41) is 13.3. The Kier molecular flexibility index (Phi) is 4.78. The zero-order valence-electron chi connectivity index (χ0n) is 11.1. The minimum absolute atomic E-state index is 0.153. The summed E-state index contributed by atoms with van der Waals surface area (Å²) in [7, 11) is 0. The first-order valence-corrected chi connectivity index (χ1v) is 6.58. The number of hydroxylamine groups is 2. The Balaban J connectivity index is 2.25. The van der Waals surface area contributed by atoms with Gasteiger partial charge in [-0.05, 0) is 18.9 Å². The molecule has 4 N–H and O–H groups in total. The molecule has 2 heterocycles. The van der Waals surface area contributed by atoms with Crippen molar-refractivity contribution in [3.63, 3.8) is 0 Å². The van der Waals surface area contributed by atoms with Crippen molar-refractivity contribution in [1.82, 2.24) is 15.4 Å². The molecule has 0 aromatic carbocycles. The van der Waals surface area contributed by atoms with Gasteiger partial charge in [0.2, 0.25) is 5.91 Å². The molecular weight excluding hydrogens is 260 g/mol. The molecule has 1 unspecified atom stereocenters. The molecule has 0 radical (unpaired) electrons. The zero-order valence-corrected chi connectivity index (χ0v) is 11.1. The number of hydrogen-bond acceptors (Lipinski definition) is 6. The number of hydrogen-bond donors (Lipinski definition) is 3. The lowest BCUT2D eigenvalue weighted by atomic mass is 9.95. The lowest BCUT2D eigenvalue weighted by Gasteiger charge is -2.31. The predicted octanol–water partition coefficient (Wildman–Crippen LogP) is 0.213. The number of carbonyl (C=O) groups excluding carboxylic acids is 2. The highest BCUT2D eigenvalue weighted by Crippen LogP contribution is 2.30. The Morgan fingerprint density at radius 1 is 1.50 bits per heavy atom. The smallest absolute Gasteiger partial charge is 0.276 e. The van der Waals surface area contributed by atoms with E-state index in [0.717, 1.165) is 19.3 Å². The van der Waals surface area contributed by atoms with Crippen LogP contribution < -0.4 is 11.1 Å². The molecule has 0 spiro atoms. The van der Waals surface area contributed by atoms with Gasteiger partial charge in [0.25, 0.3) is 5.91 Å². The maximum Gasteiger partial charge on any atom is 0.276 e. The third-order valence-electron chi connectivity index (χ3n) is 3.33. The summed E-state index contributed by atoms with van der Waals surface area (Å²) < 4.78 is 0. The van der Waals surface area contributed by atoms with Crippen molar-refractivity contribution in [3.8, 4) is 0 Å². The van der Waals surface area contributed by atoms with Crippen LogP contribution in [0.5, 0.6) is 0 Å². The second-order valence-corrected chi connectivity index (χ2v) is 4.70. The molecule has 0 saturated carbocycles. The average Bonchev–Trinajstić information content (AvgIpc) is 2.47. The van der Waals surface area contributed by atoms with Crippen molar-refractivity contribution >= 4 is 11.8 Å². The van der Waals surface area contributed by atoms with E-state index in [9.17, 15) is 14.8 Å². The van der Waals surface area contributed by atoms with E-state index in [4.69, 9.17) is 5.73 Å². The molecule has 0 bridgehead atoms. The number of amides is 2. The highest BCUT2D eigenvalue weighted by molar-refractivity contribution is 6.04. The molecule has 1 aliphatic heterocycles. The van der Waals surface area contributed by atoms with E-state index in [2.05, 4.69) is 10.3 Å². The van der Waals surface area contributed by atoms with Gasteiger partial charge in [-0.3, -0.25) is 19.9 Å². The standard InChI is InChI=1S/C13H18N4O3/c14-8-11(18)16-13(19)12-9(4-3-6-15-12)10-5-1-2-7-17(10)20/h3-4,6,10,20H,1-2,5,7-8,14H2,(H,16,18,19). The summed E-state index contributed by atoms with van der Waals surface area (Å²) in [6.45, 7) is 0.297. The van der Waals surface area contributed by atoms with Crippen LogP contribution in [0, 0.1) is 0 Å². The molecule has 1 aliphatic rings. The Morgan fingerprint density at radius 2 is 2.30 bits per heavy atom. The van der Waals surface area contributed by atoms with Crippen molar-refractivity contribution in [2.45, 2.75) is 25.3 Å². The fraction of sp³-hybridized carbons (Fsp3) is 0.462. The molecule has 2 amide bonds. The summed E-state index contributed by atoms with van der Waals surface area (Å²) >= 11 is 0. The van der Waals surface area contributed by atoms with Crippen molar-refractivity contribution in [1.29, 1.82) is 0 Å². The Bertz CT molecular complexity index is 506. The van der Waals surface area contributed by atoms with Gasteiger partial charge in [-0.15, -0.1) is 0 Å². The lowest BCUT2D eigenvalue weighted by Crippen LogP contribution is -2.38. The molecule has 108 valence electrons. The monoisotopic (exact) mass is 278 g/mol. The van der Waals surface area contributed by atoms with Crippen LogP contribution in [0.25, 0.3) is 0 Å². The molecule has 1 fully saturated rings. The fourth-order valence-corrected chi connectivity index (χ4v) is 2.35. The second kappa shape index (κ2) is 6.56. The fourth-order valence-electron chi connectivity index (χ4n) is 2.35.